The molecular weight excluding hydrogens is 654 g/mol. The lowest BCUT2D eigenvalue weighted by Crippen LogP contribution is -2.61. The van der Waals surface area contributed by atoms with Crippen molar-refractivity contribution in [1.82, 2.24) is 36.4 Å². The molecule has 1 saturated heterocycles. The molecule has 1 heterocycles. The molecule has 5 N–H and O–H groups in total. The van der Waals surface area contributed by atoms with Crippen LogP contribution in [0.3, 0.4) is 0 Å². The fourth-order valence-corrected chi connectivity index (χ4v) is 6.83. The first kappa shape index (κ1) is 40.9. The predicted octanol–water partition coefficient (Wildman–Crippen LogP) is 1.75. The van der Waals surface area contributed by atoms with Crippen molar-refractivity contribution in [1.29, 1.82) is 0 Å². The van der Waals surface area contributed by atoms with Gasteiger partial charge in [-0.1, -0.05) is 78.8 Å². The summed E-state index contributed by atoms with van der Waals surface area (Å²) < 4.78 is 0. The van der Waals surface area contributed by atoms with Gasteiger partial charge in [-0.15, -0.1) is 0 Å². The van der Waals surface area contributed by atoms with Gasteiger partial charge in [0.1, 0.15) is 18.1 Å². The highest BCUT2D eigenvalue weighted by Gasteiger charge is 2.70. The number of rotatable bonds is 14. The van der Waals surface area contributed by atoms with Crippen LogP contribution in [0.25, 0.3) is 0 Å². The van der Waals surface area contributed by atoms with Crippen molar-refractivity contribution in [3.05, 3.63) is 35.9 Å². The molecule has 1 aliphatic carbocycles. The molecular formula is C37H57N7O7. The molecule has 14 heteroatoms. The van der Waals surface area contributed by atoms with Gasteiger partial charge >= 0.3 is 6.03 Å². The molecule has 0 aromatic heterocycles. The van der Waals surface area contributed by atoms with Crippen molar-refractivity contribution < 1.29 is 33.6 Å². The zero-order chi connectivity index (χ0) is 38.6. The number of nitrogens with one attached hydrogen (secondary N) is 5. The number of hydrogen-bond acceptors (Lipinski definition) is 7. The molecule has 1 aromatic carbocycles. The lowest BCUT2D eigenvalue weighted by molar-refractivity contribution is -0.145. The Labute approximate surface area is 301 Å². The van der Waals surface area contributed by atoms with Gasteiger partial charge in [0.25, 0.3) is 5.91 Å². The fourth-order valence-electron chi connectivity index (χ4n) is 6.83. The summed E-state index contributed by atoms with van der Waals surface area (Å²) in [5.41, 5.74) is -0.363. The smallest absolute Gasteiger partial charge is 0.315 e. The molecule has 7 amide bonds. The number of urea groups is 1. The molecule has 14 nitrogen and oxygen atoms in total. The molecule has 1 aliphatic heterocycles. The van der Waals surface area contributed by atoms with Crippen molar-refractivity contribution in [2.75, 3.05) is 27.2 Å². The lowest BCUT2D eigenvalue weighted by atomic mass is 9.85. The first-order valence-corrected chi connectivity index (χ1v) is 17.6. The summed E-state index contributed by atoms with van der Waals surface area (Å²) in [6, 6.07) is 3.91. The molecule has 282 valence electrons. The fraction of sp³-hybridized carbons (Fsp3) is 0.649. The van der Waals surface area contributed by atoms with E-state index in [-0.39, 0.29) is 41.5 Å². The first-order chi connectivity index (χ1) is 23.6. The Morgan fingerprint density at radius 3 is 2.04 bits per heavy atom. The minimum absolute atomic E-state index is 0.0439. The average Bonchev–Trinajstić information content (AvgIpc) is 3.33. The van der Waals surface area contributed by atoms with E-state index in [0.717, 1.165) is 0 Å². The van der Waals surface area contributed by atoms with E-state index in [9.17, 15) is 33.6 Å². The van der Waals surface area contributed by atoms with Crippen LogP contribution in [0.15, 0.2) is 30.3 Å². The van der Waals surface area contributed by atoms with E-state index in [1.54, 1.807) is 44.4 Å². The predicted molar refractivity (Wildman–Crippen MR) is 192 cm³/mol. The van der Waals surface area contributed by atoms with Crippen LogP contribution in [-0.4, -0.2) is 103 Å². The molecule has 1 aromatic rings. The highest BCUT2D eigenvalue weighted by molar-refractivity contribution is 6.38. The second kappa shape index (κ2) is 16.2. The zero-order valence-electron chi connectivity index (χ0n) is 31.9. The number of likely N-dealkylation sites (tertiary alicyclic amines) is 1. The number of likely N-dealkylation sites (N-methyl/N-ethyl adjacent to an activating group) is 1. The molecule has 2 aliphatic rings. The summed E-state index contributed by atoms with van der Waals surface area (Å²) in [4.78, 5) is 96.1. The van der Waals surface area contributed by atoms with E-state index >= 15 is 0 Å². The van der Waals surface area contributed by atoms with E-state index in [4.69, 9.17) is 0 Å². The van der Waals surface area contributed by atoms with Crippen LogP contribution in [0, 0.1) is 28.6 Å². The van der Waals surface area contributed by atoms with Crippen molar-refractivity contribution in [3.63, 3.8) is 0 Å². The Morgan fingerprint density at radius 2 is 1.51 bits per heavy atom. The Bertz CT molecular complexity index is 1490. The molecule has 3 rings (SSSR count). The standard InChI is InChI=1S/C37H57N7O7/c1-20(2)17-24(29(46)32(48)38-18-25(45)41-27(33(49)43(10)11)22-15-13-12-14-16-22)40-31(47)28-26-23(37(26,8)9)19-44(28)34(50)30(36(5,6)7)42-35(51)39-21(3)4/h12-16,20-21,23-24,26-28,30H,17-19H2,1-11H3,(H,38,48)(H,40,47)(H,41,45)(H2,39,42,51)/t23?,24?,26?,27-,28?,30?/m0/s1. The van der Waals surface area contributed by atoms with E-state index in [0.29, 0.717) is 12.1 Å². The van der Waals surface area contributed by atoms with Gasteiger partial charge < -0.3 is 36.4 Å². The monoisotopic (exact) mass is 711 g/mol. The van der Waals surface area contributed by atoms with Crippen LogP contribution < -0.4 is 26.6 Å². The molecule has 51 heavy (non-hydrogen) atoms. The number of fused-ring (bicyclic) bond motifs is 1. The Kier molecular flexibility index (Phi) is 13.0. The van der Waals surface area contributed by atoms with Gasteiger partial charge in [-0.2, -0.15) is 0 Å². The van der Waals surface area contributed by atoms with Crippen LogP contribution in [0.4, 0.5) is 4.79 Å². The third-order valence-electron chi connectivity index (χ3n) is 9.67. The number of carbonyl (C=O) groups excluding carboxylic acids is 7. The second-order valence-corrected chi connectivity index (χ2v) is 16.3. The lowest BCUT2D eigenvalue weighted by Gasteiger charge is -2.38. The van der Waals surface area contributed by atoms with E-state index in [1.807, 2.05) is 62.3 Å². The molecule has 5 unspecified atom stereocenters. The van der Waals surface area contributed by atoms with E-state index in [2.05, 4.69) is 26.6 Å². The van der Waals surface area contributed by atoms with Crippen molar-refractivity contribution in [2.45, 2.75) is 98.9 Å². The summed E-state index contributed by atoms with van der Waals surface area (Å²) in [6.07, 6.45) is 0.136. The largest absolute Gasteiger partial charge is 0.347 e. The van der Waals surface area contributed by atoms with Crippen molar-refractivity contribution in [3.8, 4) is 0 Å². The van der Waals surface area contributed by atoms with E-state index in [1.165, 1.54) is 9.80 Å². The maximum absolute atomic E-state index is 14.1. The van der Waals surface area contributed by atoms with Gasteiger partial charge in [-0.05, 0) is 54.4 Å². The molecule has 0 radical (unpaired) electrons. The minimum atomic E-state index is -1.22. The number of piperidine rings is 1. The molecule has 0 bridgehead atoms. The van der Waals surface area contributed by atoms with Crippen LogP contribution >= 0.6 is 0 Å². The summed E-state index contributed by atoms with van der Waals surface area (Å²) in [6.45, 7) is 16.6. The van der Waals surface area contributed by atoms with Crippen LogP contribution in [0.2, 0.25) is 0 Å². The Morgan fingerprint density at radius 1 is 0.902 bits per heavy atom. The average molecular weight is 712 g/mol. The molecule has 1 saturated carbocycles. The minimum Gasteiger partial charge on any atom is -0.347 e. The highest BCUT2D eigenvalue weighted by Crippen LogP contribution is 2.65. The number of nitrogens with zero attached hydrogens (tertiary/aromatic N) is 2. The van der Waals surface area contributed by atoms with Crippen LogP contribution in [0.5, 0.6) is 0 Å². The summed E-state index contributed by atoms with van der Waals surface area (Å²) >= 11 is 0. The number of benzene rings is 1. The van der Waals surface area contributed by atoms with Crippen molar-refractivity contribution >= 4 is 41.4 Å². The number of amides is 7. The quantitative estimate of drug-likeness (QED) is 0.182. The van der Waals surface area contributed by atoms with Gasteiger partial charge in [0.2, 0.25) is 29.4 Å². The highest BCUT2D eigenvalue weighted by atomic mass is 16.2. The molecule has 0 spiro atoms. The maximum Gasteiger partial charge on any atom is 0.315 e. The summed E-state index contributed by atoms with van der Waals surface area (Å²) in [5.74, 6) is -4.25. The van der Waals surface area contributed by atoms with Crippen LogP contribution in [-0.2, 0) is 28.8 Å². The molecule has 6 atom stereocenters. The van der Waals surface area contributed by atoms with Gasteiger partial charge in [-0.3, -0.25) is 28.8 Å². The molecule has 2 fully saturated rings. The Hall–Kier alpha value is -4.49. The summed E-state index contributed by atoms with van der Waals surface area (Å²) in [5, 5.41) is 13.3. The van der Waals surface area contributed by atoms with E-state index < -0.39 is 71.6 Å². The van der Waals surface area contributed by atoms with Crippen LogP contribution in [0.1, 0.15) is 80.3 Å². The van der Waals surface area contributed by atoms with Gasteiger partial charge in [0.05, 0.1) is 12.6 Å². The number of hydrogen-bond donors (Lipinski definition) is 5. The number of carbonyl (C=O) groups is 7. The topological polar surface area (TPSA) is 186 Å². The first-order valence-electron chi connectivity index (χ1n) is 17.6. The van der Waals surface area contributed by atoms with Gasteiger partial charge in [0.15, 0.2) is 0 Å². The normalized spacial score (nSPS) is 20.7. The summed E-state index contributed by atoms with van der Waals surface area (Å²) in [7, 11) is 3.12. The maximum atomic E-state index is 14.1. The SMILES string of the molecule is CC(C)CC(NC(=O)C1C2C(CN1C(=O)C(NC(=O)NC(C)C)C(C)(C)C)C2(C)C)C(=O)C(=O)NCC(=O)N[C@H](C(=O)N(C)C)c1ccccc1. The van der Waals surface area contributed by atoms with Gasteiger partial charge in [-0.25, -0.2) is 4.79 Å². The van der Waals surface area contributed by atoms with Crippen molar-refractivity contribution in [2.24, 2.45) is 28.6 Å². The third kappa shape index (κ3) is 10.1. The zero-order valence-corrected chi connectivity index (χ0v) is 31.9. The van der Waals surface area contributed by atoms with Gasteiger partial charge in [0, 0.05) is 26.7 Å². The Balaban J connectivity index is 1.76. The number of Topliss-reactive ketones (excluding diaryl/α,β-unsaturated/α-hetero) is 1. The third-order valence-corrected chi connectivity index (χ3v) is 9.67. The second-order valence-electron chi connectivity index (χ2n) is 16.3. The number of ketones is 1.